The van der Waals surface area contributed by atoms with Crippen LogP contribution < -0.4 is 10.6 Å². The van der Waals surface area contributed by atoms with Gasteiger partial charge in [0.25, 0.3) is 5.91 Å². The van der Waals surface area contributed by atoms with E-state index in [1.807, 2.05) is 6.07 Å². The highest BCUT2D eigenvalue weighted by Crippen LogP contribution is 2.12. The molecule has 0 radical (unpaired) electrons. The van der Waals surface area contributed by atoms with Crippen LogP contribution in [0.2, 0.25) is 0 Å². The van der Waals surface area contributed by atoms with E-state index >= 15 is 0 Å². The molecular formula is C16H23N7OS. The Balaban J connectivity index is 1.48. The van der Waals surface area contributed by atoms with E-state index in [-0.39, 0.29) is 5.91 Å². The number of amides is 1. The van der Waals surface area contributed by atoms with E-state index in [1.165, 1.54) is 11.3 Å². The summed E-state index contributed by atoms with van der Waals surface area (Å²) in [4.78, 5) is 21.2. The third-order valence-electron chi connectivity index (χ3n) is 4.35. The van der Waals surface area contributed by atoms with Gasteiger partial charge in [0, 0.05) is 45.0 Å². The van der Waals surface area contributed by atoms with Crippen molar-refractivity contribution >= 4 is 28.2 Å². The second-order valence-electron chi connectivity index (χ2n) is 6.20. The van der Waals surface area contributed by atoms with Gasteiger partial charge in [0.2, 0.25) is 5.13 Å². The molecule has 0 saturated carbocycles. The van der Waals surface area contributed by atoms with E-state index in [0.717, 1.165) is 38.5 Å². The van der Waals surface area contributed by atoms with Crippen molar-refractivity contribution < 1.29 is 4.79 Å². The van der Waals surface area contributed by atoms with Crippen molar-refractivity contribution in [2.75, 3.05) is 50.4 Å². The Morgan fingerprint density at radius 3 is 2.76 bits per heavy atom. The number of anilines is 2. The first-order valence-corrected chi connectivity index (χ1v) is 9.20. The molecule has 1 amide bonds. The summed E-state index contributed by atoms with van der Waals surface area (Å²) in [6, 6.07) is 4.02. The molecule has 0 aromatic carbocycles. The fourth-order valence-electron chi connectivity index (χ4n) is 2.67. The van der Waals surface area contributed by atoms with E-state index in [0.29, 0.717) is 16.7 Å². The molecule has 1 aliphatic heterocycles. The summed E-state index contributed by atoms with van der Waals surface area (Å²) in [5.74, 6) is 0.537. The van der Waals surface area contributed by atoms with Crippen molar-refractivity contribution in [1.82, 2.24) is 25.0 Å². The molecule has 1 saturated heterocycles. The first-order valence-electron chi connectivity index (χ1n) is 8.32. The zero-order valence-corrected chi connectivity index (χ0v) is 15.3. The number of hydrogen-bond donors (Lipinski definition) is 2. The molecule has 3 rings (SSSR count). The molecule has 25 heavy (non-hydrogen) atoms. The van der Waals surface area contributed by atoms with E-state index in [1.54, 1.807) is 17.8 Å². The average Bonchev–Trinajstić information content (AvgIpc) is 3.13. The van der Waals surface area contributed by atoms with E-state index in [4.69, 9.17) is 0 Å². The second kappa shape index (κ2) is 8.32. The fourth-order valence-corrected chi connectivity index (χ4v) is 3.11. The Hall–Kier alpha value is -2.10. The summed E-state index contributed by atoms with van der Waals surface area (Å²) >= 11 is 1.28. The minimum absolute atomic E-state index is 0.235. The number of nitrogens with zero attached hydrogens (tertiary/aromatic N) is 5. The highest BCUT2D eigenvalue weighted by atomic mass is 32.1. The summed E-state index contributed by atoms with van der Waals surface area (Å²) in [7, 11) is 2.16. The molecule has 1 fully saturated rings. The van der Waals surface area contributed by atoms with Crippen LogP contribution in [0.3, 0.4) is 0 Å². The first kappa shape index (κ1) is 17.7. The Kier molecular flexibility index (Phi) is 5.90. The normalized spacial score (nSPS) is 17.2. The SMILES string of the molecule is CC(CNc1ccc(C(=O)Nc2nncs2)cn1)N1CCN(C)CC1. The first-order chi connectivity index (χ1) is 12.1. The van der Waals surface area contributed by atoms with Crippen LogP contribution in [0, 0.1) is 0 Å². The van der Waals surface area contributed by atoms with Gasteiger partial charge in [-0.15, -0.1) is 10.2 Å². The molecule has 8 nitrogen and oxygen atoms in total. The maximum absolute atomic E-state index is 12.1. The summed E-state index contributed by atoms with van der Waals surface area (Å²) < 4.78 is 0. The number of carbonyl (C=O) groups is 1. The Morgan fingerprint density at radius 2 is 2.12 bits per heavy atom. The number of hydrogen-bond acceptors (Lipinski definition) is 8. The Labute approximate surface area is 151 Å². The molecule has 9 heteroatoms. The van der Waals surface area contributed by atoms with Gasteiger partial charge in [0.15, 0.2) is 0 Å². The number of likely N-dealkylation sites (N-methyl/N-ethyl adjacent to an activating group) is 1. The predicted octanol–water partition coefficient (Wildman–Crippen LogP) is 1.23. The lowest BCUT2D eigenvalue weighted by Gasteiger charge is -2.36. The van der Waals surface area contributed by atoms with E-state index in [9.17, 15) is 4.79 Å². The van der Waals surface area contributed by atoms with Crippen LogP contribution in [0.1, 0.15) is 17.3 Å². The van der Waals surface area contributed by atoms with Crippen LogP contribution in [0.25, 0.3) is 0 Å². The molecule has 2 aromatic heterocycles. The van der Waals surface area contributed by atoms with Gasteiger partial charge in [-0.05, 0) is 26.1 Å². The van der Waals surface area contributed by atoms with E-state index in [2.05, 4.69) is 49.6 Å². The molecule has 1 aliphatic rings. The van der Waals surface area contributed by atoms with Crippen molar-refractivity contribution in [3.05, 3.63) is 29.4 Å². The van der Waals surface area contributed by atoms with Gasteiger partial charge in [0.1, 0.15) is 11.3 Å². The molecular weight excluding hydrogens is 338 g/mol. The molecule has 3 heterocycles. The zero-order chi connectivity index (χ0) is 17.6. The van der Waals surface area contributed by atoms with Gasteiger partial charge in [-0.2, -0.15) is 0 Å². The molecule has 1 atom stereocenters. The van der Waals surface area contributed by atoms with Crippen LogP contribution >= 0.6 is 11.3 Å². The minimum atomic E-state index is -0.235. The summed E-state index contributed by atoms with van der Waals surface area (Å²) in [6.07, 6.45) is 1.57. The lowest BCUT2D eigenvalue weighted by atomic mass is 10.2. The number of pyridine rings is 1. The lowest BCUT2D eigenvalue weighted by Crippen LogP contribution is -2.49. The quantitative estimate of drug-likeness (QED) is 0.800. The standard InChI is InChI=1S/C16H23N7OS/c1-12(23-7-5-22(2)6-8-23)9-17-14-4-3-13(10-18-14)15(24)20-16-21-19-11-25-16/h3-4,10-12H,5-9H2,1-2H3,(H,17,18)(H,20,21,24). The zero-order valence-electron chi connectivity index (χ0n) is 14.5. The molecule has 0 aliphatic carbocycles. The summed E-state index contributed by atoms with van der Waals surface area (Å²) in [6.45, 7) is 7.46. The van der Waals surface area contributed by atoms with Crippen LogP contribution in [0.5, 0.6) is 0 Å². The third-order valence-corrected chi connectivity index (χ3v) is 4.95. The van der Waals surface area contributed by atoms with Crippen molar-refractivity contribution in [2.45, 2.75) is 13.0 Å². The number of piperazine rings is 1. The largest absolute Gasteiger partial charge is 0.369 e. The summed E-state index contributed by atoms with van der Waals surface area (Å²) in [5.41, 5.74) is 2.07. The highest BCUT2D eigenvalue weighted by molar-refractivity contribution is 7.13. The van der Waals surface area contributed by atoms with Gasteiger partial charge in [-0.1, -0.05) is 11.3 Å². The maximum Gasteiger partial charge on any atom is 0.259 e. The number of carbonyl (C=O) groups excluding carboxylic acids is 1. The molecule has 1 unspecified atom stereocenters. The fraction of sp³-hybridized carbons (Fsp3) is 0.500. The molecule has 2 aromatic rings. The van der Waals surface area contributed by atoms with Gasteiger partial charge < -0.3 is 10.2 Å². The predicted molar refractivity (Wildman–Crippen MR) is 99.1 cm³/mol. The average molecular weight is 361 g/mol. The topological polar surface area (TPSA) is 86.3 Å². The van der Waals surface area contributed by atoms with Crippen molar-refractivity contribution in [1.29, 1.82) is 0 Å². The Morgan fingerprint density at radius 1 is 1.32 bits per heavy atom. The van der Waals surface area contributed by atoms with Crippen molar-refractivity contribution in [2.24, 2.45) is 0 Å². The van der Waals surface area contributed by atoms with Crippen LogP contribution in [-0.4, -0.2) is 76.7 Å². The van der Waals surface area contributed by atoms with Crippen molar-refractivity contribution in [3.63, 3.8) is 0 Å². The Bertz CT molecular complexity index is 668. The second-order valence-corrected chi connectivity index (χ2v) is 7.03. The molecule has 2 N–H and O–H groups in total. The highest BCUT2D eigenvalue weighted by Gasteiger charge is 2.18. The van der Waals surface area contributed by atoms with Crippen LogP contribution in [0.4, 0.5) is 10.9 Å². The summed E-state index contributed by atoms with van der Waals surface area (Å²) in [5, 5.41) is 14.0. The smallest absolute Gasteiger partial charge is 0.259 e. The van der Waals surface area contributed by atoms with Gasteiger partial charge in [-0.3, -0.25) is 15.0 Å². The number of nitrogens with one attached hydrogen (secondary N) is 2. The van der Waals surface area contributed by atoms with E-state index < -0.39 is 0 Å². The maximum atomic E-state index is 12.1. The number of aromatic nitrogens is 3. The van der Waals surface area contributed by atoms with Gasteiger partial charge >= 0.3 is 0 Å². The van der Waals surface area contributed by atoms with Gasteiger partial charge in [-0.25, -0.2) is 4.98 Å². The van der Waals surface area contributed by atoms with Crippen LogP contribution in [0.15, 0.2) is 23.8 Å². The van der Waals surface area contributed by atoms with Gasteiger partial charge in [0.05, 0.1) is 5.56 Å². The number of rotatable bonds is 6. The molecule has 134 valence electrons. The lowest BCUT2D eigenvalue weighted by molar-refractivity contribution is 0.102. The minimum Gasteiger partial charge on any atom is -0.369 e. The molecule has 0 bridgehead atoms. The monoisotopic (exact) mass is 361 g/mol. The molecule has 0 spiro atoms. The van der Waals surface area contributed by atoms with Crippen molar-refractivity contribution in [3.8, 4) is 0 Å². The third kappa shape index (κ3) is 4.94. The van der Waals surface area contributed by atoms with Crippen LogP contribution in [-0.2, 0) is 0 Å².